The predicted molar refractivity (Wildman–Crippen MR) is 107 cm³/mol. The van der Waals surface area contributed by atoms with Gasteiger partial charge in [0.1, 0.15) is 5.82 Å². The van der Waals surface area contributed by atoms with E-state index in [1.807, 2.05) is 0 Å². The molecule has 1 saturated heterocycles. The Morgan fingerprint density at radius 1 is 1.34 bits per heavy atom. The lowest BCUT2D eigenvalue weighted by Crippen LogP contribution is -2.45. The topological polar surface area (TPSA) is 75.4 Å². The Morgan fingerprint density at radius 2 is 2.17 bits per heavy atom. The molecule has 1 atom stereocenters. The van der Waals surface area contributed by atoms with E-state index in [0.29, 0.717) is 43.3 Å². The maximum absolute atomic E-state index is 13.9. The molecule has 1 N–H and O–H groups in total. The minimum absolute atomic E-state index is 0.0123. The van der Waals surface area contributed by atoms with Crippen molar-refractivity contribution in [3.63, 3.8) is 0 Å². The van der Waals surface area contributed by atoms with Crippen LogP contribution in [0.2, 0.25) is 0 Å². The molecule has 2 heterocycles. The zero-order valence-electron chi connectivity index (χ0n) is 16.8. The van der Waals surface area contributed by atoms with Crippen LogP contribution in [0.4, 0.5) is 4.39 Å². The predicted octanol–water partition coefficient (Wildman–Crippen LogP) is 3.57. The van der Waals surface area contributed by atoms with Crippen molar-refractivity contribution in [1.29, 1.82) is 0 Å². The number of oxazole rings is 1. The molecule has 0 radical (unpaired) electrons. The van der Waals surface area contributed by atoms with Crippen LogP contribution in [0.15, 0.2) is 34.9 Å². The van der Waals surface area contributed by atoms with Crippen molar-refractivity contribution in [3.8, 4) is 11.3 Å². The number of likely N-dealkylation sites (tertiary alicyclic amines) is 1. The summed E-state index contributed by atoms with van der Waals surface area (Å²) in [7, 11) is 0. The van der Waals surface area contributed by atoms with Crippen LogP contribution >= 0.6 is 0 Å². The molecule has 3 rings (SSSR count). The van der Waals surface area contributed by atoms with E-state index in [9.17, 15) is 14.0 Å². The van der Waals surface area contributed by atoms with E-state index in [1.165, 1.54) is 12.3 Å². The minimum atomic E-state index is -0.372. The van der Waals surface area contributed by atoms with Gasteiger partial charge in [-0.2, -0.15) is 0 Å². The number of piperidine rings is 1. The first-order valence-corrected chi connectivity index (χ1v) is 10.3. The molecule has 0 saturated carbocycles. The number of amides is 2. The summed E-state index contributed by atoms with van der Waals surface area (Å²) in [5.74, 6) is 0.275. The second-order valence-corrected chi connectivity index (χ2v) is 7.42. The third kappa shape index (κ3) is 5.65. The molecule has 0 bridgehead atoms. The van der Waals surface area contributed by atoms with Gasteiger partial charge in [0.2, 0.25) is 11.8 Å². The van der Waals surface area contributed by atoms with E-state index >= 15 is 0 Å². The van der Waals surface area contributed by atoms with Gasteiger partial charge in [-0.1, -0.05) is 25.5 Å². The smallest absolute Gasteiger partial charge is 0.224 e. The number of unbranched alkanes of at least 4 members (excludes halogenated alkanes) is 1. The van der Waals surface area contributed by atoms with E-state index in [4.69, 9.17) is 4.42 Å². The highest BCUT2D eigenvalue weighted by Crippen LogP contribution is 2.24. The van der Waals surface area contributed by atoms with Crippen molar-refractivity contribution in [2.45, 2.75) is 45.4 Å². The fourth-order valence-corrected chi connectivity index (χ4v) is 3.53. The first kappa shape index (κ1) is 21.0. The van der Waals surface area contributed by atoms with Gasteiger partial charge in [-0.15, -0.1) is 0 Å². The maximum atomic E-state index is 13.9. The molecule has 0 aliphatic carbocycles. The summed E-state index contributed by atoms with van der Waals surface area (Å²) in [4.78, 5) is 30.8. The number of aryl methyl sites for hydroxylation is 1. The SMILES string of the molecule is CCCCNC(=O)C1CCCN(C(=O)CCc2ncc(-c3ccccc3F)o2)C1. The van der Waals surface area contributed by atoms with Crippen LogP contribution in [-0.2, 0) is 16.0 Å². The van der Waals surface area contributed by atoms with Crippen molar-refractivity contribution in [3.05, 3.63) is 42.2 Å². The van der Waals surface area contributed by atoms with Gasteiger partial charge in [0.15, 0.2) is 11.7 Å². The van der Waals surface area contributed by atoms with Crippen LogP contribution in [-0.4, -0.2) is 41.3 Å². The molecule has 7 heteroatoms. The third-order valence-electron chi connectivity index (χ3n) is 5.22. The fourth-order valence-electron chi connectivity index (χ4n) is 3.53. The van der Waals surface area contributed by atoms with Crippen LogP contribution in [0, 0.1) is 11.7 Å². The monoisotopic (exact) mass is 401 g/mol. The number of benzene rings is 1. The molecule has 2 amide bonds. The summed E-state index contributed by atoms with van der Waals surface area (Å²) in [5.41, 5.74) is 0.352. The number of carbonyl (C=O) groups is 2. The number of rotatable bonds is 8. The number of carbonyl (C=O) groups excluding carboxylic acids is 2. The van der Waals surface area contributed by atoms with Gasteiger partial charge >= 0.3 is 0 Å². The highest BCUT2D eigenvalue weighted by molar-refractivity contribution is 5.81. The van der Waals surface area contributed by atoms with E-state index in [1.54, 1.807) is 23.1 Å². The lowest BCUT2D eigenvalue weighted by Gasteiger charge is -2.32. The van der Waals surface area contributed by atoms with Gasteiger partial charge in [0, 0.05) is 32.5 Å². The number of halogens is 1. The number of nitrogens with zero attached hydrogens (tertiary/aromatic N) is 2. The molecule has 29 heavy (non-hydrogen) atoms. The van der Waals surface area contributed by atoms with Gasteiger partial charge in [0.25, 0.3) is 0 Å². The summed E-state index contributed by atoms with van der Waals surface area (Å²) >= 11 is 0. The van der Waals surface area contributed by atoms with E-state index in [-0.39, 0.29) is 30.0 Å². The Balaban J connectivity index is 1.50. The molecule has 0 spiro atoms. The van der Waals surface area contributed by atoms with Crippen LogP contribution in [0.1, 0.15) is 44.9 Å². The first-order valence-electron chi connectivity index (χ1n) is 10.3. The van der Waals surface area contributed by atoms with Crippen LogP contribution in [0.3, 0.4) is 0 Å². The average molecular weight is 401 g/mol. The van der Waals surface area contributed by atoms with Crippen LogP contribution < -0.4 is 5.32 Å². The summed E-state index contributed by atoms with van der Waals surface area (Å²) in [6, 6.07) is 6.34. The Bertz CT molecular complexity index is 836. The normalized spacial score (nSPS) is 16.6. The highest BCUT2D eigenvalue weighted by Gasteiger charge is 2.28. The van der Waals surface area contributed by atoms with Crippen molar-refractivity contribution in [2.75, 3.05) is 19.6 Å². The molecule has 2 aromatic rings. The van der Waals surface area contributed by atoms with Crippen molar-refractivity contribution in [2.24, 2.45) is 5.92 Å². The van der Waals surface area contributed by atoms with Gasteiger partial charge in [-0.3, -0.25) is 9.59 Å². The molecule has 1 aromatic heterocycles. The van der Waals surface area contributed by atoms with Crippen LogP contribution in [0.5, 0.6) is 0 Å². The van der Waals surface area contributed by atoms with Gasteiger partial charge < -0.3 is 14.6 Å². The Hall–Kier alpha value is -2.70. The van der Waals surface area contributed by atoms with E-state index in [0.717, 1.165) is 25.7 Å². The Labute approximate surface area is 170 Å². The average Bonchev–Trinajstić information content (AvgIpc) is 3.21. The molecule has 1 aliphatic heterocycles. The zero-order chi connectivity index (χ0) is 20.6. The second-order valence-electron chi connectivity index (χ2n) is 7.42. The molecule has 156 valence electrons. The molecular weight excluding hydrogens is 373 g/mol. The largest absolute Gasteiger partial charge is 0.441 e. The Morgan fingerprint density at radius 3 is 2.97 bits per heavy atom. The highest BCUT2D eigenvalue weighted by atomic mass is 19.1. The molecule has 1 unspecified atom stereocenters. The lowest BCUT2D eigenvalue weighted by atomic mass is 9.96. The van der Waals surface area contributed by atoms with Crippen molar-refractivity contribution >= 4 is 11.8 Å². The minimum Gasteiger partial charge on any atom is -0.441 e. The number of hydrogen-bond donors (Lipinski definition) is 1. The summed E-state index contributed by atoms with van der Waals surface area (Å²) in [6.07, 6.45) is 5.72. The number of hydrogen-bond acceptors (Lipinski definition) is 4. The standard InChI is InChI=1S/C22H28FN3O3/c1-2-3-12-24-22(28)16-7-6-13-26(15-16)21(27)11-10-20-25-14-19(29-20)17-8-4-5-9-18(17)23/h4-5,8-9,14,16H,2-3,6-7,10-13,15H2,1H3,(H,24,28). The number of nitrogens with one attached hydrogen (secondary N) is 1. The zero-order valence-corrected chi connectivity index (χ0v) is 16.8. The fraction of sp³-hybridized carbons (Fsp3) is 0.500. The molecule has 1 fully saturated rings. The molecule has 1 aliphatic rings. The maximum Gasteiger partial charge on any atom is 0.224 e. The molecule has 1 aromatic carbocycles. The summed E-state index contributed by atoms with van der Waals surface area (Å²) in [5, 5.41) is 2.96. The summed E-state index contributed by atoms with van der Waals surface area (Å²) < 4.78 is 19.5. The third-order valence-corrected chi connectivity index (χ3v) is 5.22. The second kappa shape index (κ2) is 10.2. The van der Waals surface area contributed by atoms with Crippen molar-refractivity contribution in [1.82, 2.24) is 15.2 Å². The molecular formula is C22H28FN3O3. The van der Waals surface area contributed by atoms with Gasteiger partial charge in [-0.05, 0) is 31.4 Å². The lowest BCUT2D eigenvalue weighted by molar-refractivity contribution is -0.135. The van der Waals surface area contributed by atoms with Gasteiger partial charge in [0.05, 0.1) is 17.7 Å². The Kier molecular flexibility index (Phi) is 7.38. The first-order chi connectivity index (χ1) is 14.1. The van der Waals surface area contributed by atoms with Crippen molar-refractivity contribution < 1.29 is 18.4 Å². The quantitative estimate of drug-likeness (QED) is 0.686. The van der Waals surface area contributed by atoms with Crippen LogP contribution in [0.25, 0.3) is 11.3 Å². The molecule has 6 nitrogen and oxygen atoms in total. The van der Waals surface area contributed by atoms with E-state index < -0.39 is 0 Å². The summed E-state index contributed by atoms with van der Waals surface area (Å²) in [6.45, 7) is 3.90. The van der Waals surface area contributed by atoms with Gasteiger partial charge in [-0.25, -0.2) is 9.37 Å². The number of aromatic nitrogens is 1. The van der Waals surface area contributed by atoms with E-state index in [2.05, 4.69) is 17.2 Å².